The van der Waals surface area contributed by atoms with Gasteiger partial charge in [0.2, 0.25) is 0 Å². The van der Waals surface area contributed by atoms with E-state index in [1.54, 1.807) is 11.6 Å². The van der Waals surface area contributed by atoms with Gasteiger partial charge in [0, 0.05) is 5.56 Å². The van der Waals surface area contributed by atoms with Crippen LogP contribution in [0.3, 0.4) is 0 Å². The number of halogens is 2. The quantitative estimate of drug-likeness (QED) is 0.109. The molecule has 3 rings (SSSR count). The minimum atomic E-state index is -4.54. The fraction of sp³-hybridized carbons (Fsp3) is 0.455. The number of hydrogen-bond donors (Lipinski definition) is 1. The molecule has 0 fully saturated rings. The first-order valence-electron chi connectivity index (χ1n) is 16.1. The van der Waals surface area contributed by atoms with Crippen molar-refractivity contribution >= 4 is 90.0 Å². The van der Waals surface area contributed by atoms with Gasteiger partial charge in [-0.05, 0) is 83.2 Å². The topological polar surface area (TPSA) is 229 Å². The maximum absolute atomic E-state index is 12.8. The second kappa shape index (κ2) is 18.1. The summed E-state index contributed by atoms with van der Waals surface area (Å²) in [6, 6.07) is 3.84. The van der Waals surface area contributed by atoms with Crippen molar-refractivity contribution in [1.29, 1.82) is 0 Å². The molecule has 0 unspecified atom stereocenters. The number of carbonyl (C=O) groups is 6. The molecule has 1 aromatic carbocycles. The number of carbonyl (C=O) groups excluding carboxylic acids is 6. The molecule has 0 radical (unpaired) electrons. The molecule has 0 saturated heterocycles. The van der Waals surface area contributed by atoms with E-state index >= 15 is 0 Å². The van der Waals surface area contributed by atoms with E-state index in [9.17, 15) is 45.6 Å². The molecule has 2 aromatic rings. The number of ether oxygens (including phenoxy) is 5. The van der Waals surface area contributed by atoms with Crippen LogP contribution in [0.1, 0.15) is 70.3 Å². The maximum atomic E-state index is 12.8. The van der Waals surface area contributed by atoms with Crippen molar-refractivity contribution in [2.45, 2.75) is 98.9 Å². The first kappa shape index (κ1) is 44.4. The SMILES string of the molecule is C=C(CC)C(=O)c1ccc(OCC(=O)O[C@H](C)C(=O)O[C@H](C)C(=O)O[C@H](C)C(=O)O[C@H](C)C(=O)NS(=O)(=O)c2cc3c(s2)S(=O)(=O)[C@@H](C)CC3)c(Cl)c1Cl. The molecule has 2 heterocycles. The fourth-order valence-electron chi connectivity index (χ4n) is 4.44. The van der Waals surface area contributed by atoms with Gasteiger partial charge in [-0.2, -0.15) is 0 Å². The monoisotopic (exact) mass is 853 g/mol. The second-order valence-electron chi connectivity index (χ2n) is 11.9. The molecule has 54 heavy (non-hydrogen) atoms. The van der Waals surface area contributed by atoms with Crippen LogP contribution in [0.5, 0.6) is 5.75 Å². The number of sulfone groups is 1. The summed E-state index contributed by atoms with van der Waals surface area (Å²) < 4.78 is 77.2. The van der Waals surface area contributed by atoms with E-state index in [-0.39, 0.29) is 25.6 Å². The zero-order valence-corrected chi connectivity index (χ0v) is 33.7. The summed E-state index contributed by atoms with van der Waals surface area (Å²) in [6.45, 7) is 10.6. The highest BCUT2D eigenvalue weighted by atomic mass is 35.5. The molecular weight excluding hydrogens is 817 g/mol. The Kier molecular flexibility index (Phi) is 14.8. The number of fused-ring (bicyclic) bond motifs is 1. The number of ketones is 1. The summed E-state index contributed by atoms with van der Waals surface area (Å²) >= 11 is 12.9. The Labute approximate surface area is 325 Å². The third-order valence-electron chi connectivity index (χ3n) is 7.79. The Morgan fingerprint density at radius 2 is 1.44 bits per heavy atom. The molecule has 16 nitrogen and oxygen atoms in total. The largest absolute Gasteiger partial charge is 0.480 e. The van der Waals surface area contributed by atoms with Crippen molar-refractivity contribution in [2.24, 2.45) is 0 Å². The van der Waals surface area contributed by atoms with Crippen LogP contribution in [0.2, 0.25) is 10.0 Å². The lowest BCUT2D eigenvalue weighted by Crippen LogP contribution is -2.41. The number of benzene rings is 1. The molecule has 0 saturated carbocycles. The van der Waals surface area contributed by atoms with Gasteiger partial charge in [-0.3, -0.25) is 9.59 Å². The Morgan fingerprint density at radius 1 is 0.907 bits per heavy atom. The summed E-state index contributed by atoms with van der Waals surface area (Å²) in [5, 5.41) is -0.951. The number of allylic oxidation sites excluding steroid dienone is 1. The van der Waals surface area contributed by atoms with Crippen molar-refractivity contribution in [2.75, 3.05) is 6.61 Å². The van der Waals surface area contributed by atoms with Crippen LogP contribution in [0.4, 0.5) is 0 Å². The smallest absolute Gasteiger partial charge is 0.347 e. The van der Waals surface area contributed by atoms with Crippen LogP contribution >= 0.6 is 34.5 Å². The highest BCUT2D eigenvalue weighted by molar-refractivity contribution is 7.95. The molecule has 296 valence electrons. The summed E-state index contributed by atoms with van der Waals surface area (Å²) in [6.07, 6.45) is -5.48. The van der Waals surface area contributed by atoms with Crippen LogP contribution in [-0.4, -0.2) is 88.7 Å². The van der Waals surface area contributed by atoms with Crippen LogP contribution in [0.25, 0.3) is 0 Å². The molecule has 1 N–H and O–H groups in total. The minimum absolute atomic E-state index is 0.0535. The summed E-state index contributed by atoms with van der Waals surface area (Å²) in [5.41, 5.74) is 0.725. The van der Waals surface area contributed by atoms with E-state index in [1.807, 2.05) is 0 Å². The molecule has 21 heteroatoms. The summed E-state index contributed by atoms with van der Waals surface area (Å²) in [7, 11) is -8.26. The van der Waals surface area contributed by atoms with Crippen LogP contribution in [0.15, 0.2) is 38.8 Å². The van der Waals surface area contributed by atoms with Crippen molar-refractivity contribution in [3.05, 3.63) is 51.5 Å². The number of Topliss-reactive ketones (excluding diaryl/α,β-unsaturated/α-hetero) is 1. The van der Waals surface area contributed by atoms with E-state index in [4.69, 9.17) is 46.9 Å². The number of hydrogen-bond acceptors (Lipinski definition) is 16. The van der Waals surface area contributed by atoms with Gasteiger partial charge >= 0.3 is 23.9 Å². The lowest BCUT2D eigenvalue weighted by Gasteiger charge is -2.20. The van der Waals surface area contributed by atoms with E-state index in [0.717, 1.165) is 27.7 Å². The van der Waals surface area contributed by atoms with Gasteiger partial charge in [0.1, 0.15) is 19.2 Å². The van der Waals surface area contributed by atoms with E-state index in [0.29, 0.717) is 41.7 Å². The predicted molar refractivity (Wildman–Crippen MR) is 193 cm³/mol. The lowest BCUT2D eigenvalue weighted by molar-refractivity contribution is -0.183. The van der Waals surface area contributed by atoms with Crippen LogP contribution in [0, 0.1) is 0 Å². The van der Waals surface area contributed by atoms with Gasteiger partial charge in [-0.25, -0.2) is 40.7 Å². The zero-order chi connectivity index (χ0) is 40.9. The van der Waals surface area contributed by atoms with Crippen LogP contribution < -0.4 is 9.46 Å². The number of rotatable bonds is 16. The van der Waals surface area contributed by atoms with E-state index in [2.05, 4.69) is 6.58 Å². The van der Waals surface area contributed by atoms with Crippen molar-refractivity contribution in [3.63, 3.8) is 0 Å². The molecule has 1 aliphatic heterocycles. The number of esters is 4. The molecule has 1 aromatic heterocycles. The normalized spacial score (nSPS) is 17.0. The fourth-order valence-corrected chi connectivity index (χ4v) is 9.93. The minimum Gasteiger partial charge on any atom is -0.480 e. The van der Waals surface area contributed by atoms with Gasteiger partial charge in [0.05, 0.1) is 10.3 Å². The predicted octanol–water partition coefficient (Wildman–Crippen LogP) is 3.92. The highest BCUT2D eigenvalue weighted by Gasteiger charge is 2.36. The van der Waals surface area contributed by atoms with Gasteiger partial charge in [-0.1, -0.05) is 36.7 Å². The molecule has 1 amide bonds. The number of amides is 1. The average Bonchev–Trinajstić information content (AvgIpc) is 3.57. The Bertz CT molecular complexity index is 2080. The lowest BCUT2D eigenvalue weighted by atomic mass is 10.0. The zero-order valence-electron chi connectivity index (χ0n) is 29.8. The highest BCUT2D eigenvalue weighted by Crippen LogP contribution is 2.38. The first-order valence-corrected chi connectivity index (χ1v) is 20.7. The van der Waals surface area contributed by atoms with Gasteiger partial charge in [0.25, 0.3) is 15.9 Å². The van der Waals surface area contributed by atoms with Crippen molar-refractivity contribution in [1.82, 2.24) is 4.72 Å². The number of nitrogens with one attached hydrogen (secondary N) is 1. The average molecular weight is 855 g/mol. The van der Waals surface area contributed by atoms with Gasteiger partial charge < -0.3 is 23.7 Å². The maximum Gasteiger partial charge on any atom is 0.347 e. The number of aryl methyl sites for hydroxylation is 1. The molecule has 1 aliphatic rings. The summed E-state index contributed by atoms with van der Waals surface area (Å²) in [5.74, 6) is -6.43. The van der Waals surface area contributed by atoms with Crippen LogP contribution in [-0.2, 0) is 69.2 Å². The van der Waals surface area contributed by atoms with Crippen molar-refractivity contribution < 1.29 is 69.3 Å². The molecule has 5 atom stereocenters. The molecule has 0 bridgehead atoms. The first-order chi connectivity index (χ1) is 25.0. The Hall–Kier alpha value is -4.04. The third kappa shape index (κ3) is 10.6. The standard InChI is InChI=1S/C33H37Cl2NO15S3/c1-8-15(2)28(38)22-11-12-23(27(35)26(22)34)47-14-24(37)48-18(5)30(40)50-20(7)32(42)51-19(6)31(41)49-17(4)29(39)36-54(45,46)25-13-21-10-9-16(3)53(43,44)33(21)52-25/h11-13,16-20H,2,8-10,14H2,1,3-7H3,(H,36,39)/t16-,17+,18+,19+,20+/m0/s1. The third-order valence-corrected chi connectivity index (χ3v) is 14.5. The molecular formula is C33H37Cl2NO15S3. The van der Waals surface area contributed by atoms with E-state index in [1.165, 1.54) is 25.1 Å². The number of sulfonamides is 1. The Morgan fingerprint density at radius 3 is 2.00 bits per heavy atom. The van der Waals surface area contributed by atoms with E-state index < -0.39 is 95.9 Å². The summed E-state index contributed by atoms with van der Waals surface area (Å²) in [4.78, 5) is 74.8. The van der Waals surface area contributed by atoms with Crippen molar-refractivity contribution in [3.8, 4) is 5.75 Å². The number of thiophene rings is 1. The molecule has 0 aliphatic carbocycles. The van der Waals surface area contributed by atoms with Gasteiger partial charge in [-0.15, -0.1) is 11.3 Å². The second-order valence-corrected chi connectivity index (χ2v) is 18.2. The molecule has 0 spiro atoms. The van der Waals surface area contributed by atoms with Gasteiger partial charge in [0.15, 0.2) is 46.6 Å². The Balaban J connectivity index is 1.46.